The molecular formula is C23H32N2O3S. The van der Waals surface area contributed by atoms with Crippen molar-refractivity contribution in [2.24, 2.45) is 0 Å². The molecular weight excluding hydrogens is 384 g/mol. The van der Waals surface area contributed by atoms with Crippen LogP contribution in [-0.4, -0.2) is 45.7 Å². The molecule has 0 aromatic heterocycles. The van der Waals surface area contributed by atoms with Gasteiger partial charge in [0.15, 0.2) is 0 Å². The van der Waals surface area contributed by atoms with Gasteiger partial charge in [-0.25, -0.2) is 13.1 Å². The predicted molar refractivity (Wildman–Crippen MR) is 117 cm³/mol. The number of aryl methyl sites for hydroxylation is 2. The highest BCUT2D eigenvalue weighted by Gasteiger charge is 2.32. The van der Waals surface area contributed by atoms with E-state index < -0.39 is 10.0 Å². The summed E-state index contributed by atoms with van der Waals surface area (Å²) in [6, 6.07) is 11.8. The van der Waals surface area contributed by atoms with Crippen molar-refractivity contribution in [2.45, 2.75) is 51.6 Å². The van der Waals surface area contributed by atoms with Crippen LogP contribution in [0.25, 0.3) is 0 Å². The summed E-state index contributed by atoms with van der Waals surface area (Å²) in [6.07, 6.45) is 0. The zero-order valence-corrected chi connectivity index (χ0v) is 18.8. The third-order valence-corrected chi connectivity index (χ3v) is 7.79. The second kappa shape index (κ2) is 8.96. The molecule has 5 nitrogen and oxygen atoms in total. The van der Waals surface area contributed by atoms with Gasteiger partial charge in [0.2, 0.25) is 10.0 Å². The average Bonchev–Trinajstić information content (AvgIpc) is 2.68. The number of hydrogen-bond acceptors (Lipinski definition) is 4. The molecule has 2 aromatic rings. The number of benzene rings is 2. The summed E-state index contributed by atoms with van der Waals surface area (Å²) < 4.78 is 35.4. The highest BCUT2D eigenvalue weighted by Crippen LogP contribution is 2.29. The third-order valence-electron chi connectivity index (χ3n) is 5.96. The van der Waals surface area contributed by atoms with Crippen molar-refractivity contribution >= 4 is 10.0 Å². The topological polar surface area (TPSA) is 58.6 Å². The molecule has 1 aliphatic heterocycles. The van der Waals surface area contributed by atoms with Crippen LogP contribution in [-0.2, 0) is 14.8 Å². The van der Waals surface area contributed by atoms with Crippen LogP contribution in [0.5, 0.6) is 0 Å². The van der Waals surface area contributed by atoms with Gasteiger partial charge >= 0.3 is 0 Å². The molecule has 6 heteroatoms. The van der Waals surface area contributed by atoms with Crippen LogP contribution in [0, 0.1) is 27.7 Å². The summed E-state index contributed by atoms with van der Waals surface area (Å²) in [5.74, 6) is 0. The Morgan fingerprint density at radius 1 is 0.966 bits per heavy atom. The van der Waals surface area contributed by atoms with Crippen molar-refractivity contribution < 1.29 is 13.2 Å². The molecule has 0 radical (unpaired) electrons. The van der Waals surface area contributed by atoms with E-state index in [9.17, 15) is 8.42 Å². The zero-order chi connectivity index (χ0) is 21.2. The fourth-order valence-electron chi connectivity index (χ4n) is 4.27. The SMILES string of the molecule is Cc1cc(C)c(C)c(S(=O)(=O)N[C@H](C)[C@@H](c2ccccc2)N2CCOCC2)c1C. The Hall–Kier alpha value is -1.73. The van der Waals surface area contributed by atoms with Gasteiger partial charge in [0.1, 0.15) is 0 Å². The molecule has 158 valence electrons. The Labute approximate surface area is 175 Å². The Balaban J connectivity index is 1.96. The van der Waals surface area contributed by atoms with E-state index in [-0.39, 0.29) is 12.1 Å². The highest BCUT2D eigenvalue weighted by molar-refractivity contribution is 7.89. The summed E-state index contributed by atoms with van der Waals surface area (Å²) in [5, 5.41) is 0. The fourth-order valence-corrected chi connectivity index (χ4v) is 6.14. The van der Waals surface area contributed by atoms with Crippen LogP contribution in [0.4, 0.5) is 0 Å². The van der Waals surface area contributed by atoms with Gasteiger partial charge in [0.25, 0.3) is 0 Å². The molecule has 0 aliphatic carbocycles. The smallest absolute Gasteiger partial charge is 0.241 e. The number of hydrogen-bond donors (Lipinski definition) is 1. The first kappa shape index (κ1) is 22.0. The van der Waals surface area contributed by atoms with Crippen molar-refractivity contribution in [3.63, 3.8) is 0 Å². The monoisotopic (exact) mass is 416 g/mol. The molecule has 0 unspecified atom stereocenters. The predicted octanol–water partition coefficient (Wildman–Crippen LogP) is 3.66. The van der Waals surface area contributed by atoms with E-state index in [0.717, 1.165) is 40.9 Å². The normalized spacial score (nSPS) is 17.8. The van der Waals surface area contributed by atoms with Crippen LogP contribution >= 0.6 is 0 Å². The van der Waals surface area contributed by atoms with Gasteiger partial charge in [-0.2, -0.15) is 0 Å². The minimum absolute atomic E-state index is 0.0543. The standard InChI is InChI=1S/C23H32N2O3S/c1-16-15-17(2)19(4)23(18(16)3)29(26,27)24-20(5)22(21-9-7-6-8-10-21)25-11-13-28-14-12-25/h6-10,15,20,22,24H,11-14H2,1-5H3/t20-,22+/m1/s1. The first-order valence-electron chi connectivity index (χ1n) is 10.2. The summed E-state index contributed by atoms with van der Waals surface area (Å²) in [7, 11) is -3.67. The molecule has 1 N–H and O–H groups in total. The van der Waals surface area contributed by atoms with E-state index in [1.807, 2.05) is 58.9 Å². The number of morpholine rings is 1. The molecule has 0 spiro atoms. The third kappa shape index (κ3) is 4.72. The lowest BCUT2D eigenvalue weighted by Crippen LogP contribution is -2.48. The Kier molecular flexibility index (Phi) is 6.79. The first-order valence-corrected chi connectivity index (χ1v) is 11.7. The summed E-state index contributed by atoms with van der Waals surface area (Å²) in [6.45, 7) is 12.6. The van der Waals surface area contributed by atoms with Gasteiger partial charge in [0.05, 0.1) is 24.2 Å². The van der Waals surface area contributed by atoms with Crippen molar-refractivity contribution in [2.75, 3.05) is 26.3 Å². The van der Waals surface area contributed by atoms with E-state index >= 15 is 0 Å². The van der Waals surface area contributed by atoms with Gasteiger partial charge < -0.3 is 4.74 Å². The van der Waals surface area contributed by atoms with E-state index in [0.29, 0.717) is 18.1 Å². The van der Waals surface area contributed by atoms with Crippen molar-refractivity contribution in [1.29, 1.82) is 0 Å². The van der Waals surface area contributed by atoms with Gasteiger partial charge in [-0.1, -0.05) is 36.4 Å². The van der Waals surface area contributed by atoms with Crippen LogP contribution in [0.1, 0.15) is 40.8 Å². The molecule has 3 rings (SSSR count). The average molecular weight is 417 g/mol. The lowest BCUT2D eigenvalue weighted by Gasteiger charge is -2.38. The van der Waals surface area contributed by atoms with Crippen LogP contribution < -0.4 is 4.72 Å². The molecule has 2 aromatic carbocycles. The molecule has 1 heterocycles. The summed E-state index contributed by atoms with van der Waals surface area (Å²) >= 11 is 0. The Bertz CT molecular complexity index is 926. The number of ether oxygens (including phenoxy) is 1. The number of rotatable bonds is 6. The molecule has 0 bridgehead atoms. The van der Waals surface area contributed by atoms with E-state index in [4.69, 9.17) is 4.74 Å². The molecule has 1 saturated heterocycles. The van der Waals surface area contributed by atoms with E-state index in [1.165, 1.54) is 0 Å². The van der Waals surface area contributed by atoms with Gasteiger partial charge in [0, 0.05) is 19.1 Å². The van der Waals surface area contributed by atoms with Crippen molar-refractivity contribution in [3.05, 3.63) is 64.2 Å². The molecule has 0 amide bonds. The minimum Gasteiger partial charge on any atom is -0.379 e. The fraction of sp³-hybridized carbons (Fsp3) is 0.478. The number of nitrogens with one attached hydrogen (secondary N) is 1. The molecule has 2 atom stereocenters. The maximum atomic E-state index is 13.5. The van der Waals surface area contributed by atoms with Crippen molar-refractivity contribution in [3.8, 4) is 0 Å². The number of sulfonamides is 1. The largest absolute Gasteiger partial charge is 0.379 e. The molecule has 0 saturated carbocycles. The lowest BCUT2D eigenvalue weighted by molar-refractivity contribution is 0.0105. The van der Waals surface area contributed by atoms with Crippen LogP contribution in [0.3, 0.4) is 0 Å². The molecule has 1 fully saturated rings. The van der Waals surface area contributed by atoms with Gasteiger partial charge in [-0.15, -0.1) is 0 Å². The van der Waals surface area contributed by atoms with Gasteiger partial charge in [-0.3, -0.25) is 4.90 Å². The second-order valence-electron chi connectivity index (χ2n) is 8.00. The van der Waals surface area contributed by atoms with E-state index in [2.05, 4.69) is 21.8 Å². The van der Waals surface area contributed by atoms with Gasteiger partial charge in [-0.05, 0) is 62.4 Å². The highest BCUT2D eigenvalue weighted by atomic mass is 32.2. The first-order chi connectivity index (χ1) is 13.7. The number of nitrogens with zero attached hydrogens (tertiary/aromatic N) is 1. The van der Waals surface area contributed by atoms with E-state index in [1.54, 1.807) is 0 Å². The maximum absolute atomic E-state index is 13.5. The Morgan fingerprint density at radius 2 is 1.52 bits per heavy atom. The zero-order valence-electron chi connectivity index (χ0n) is 18.0. The molecule has 29 heavy (non-hydrogen) atoms. The Morgan fingerprint density at radius 3 is 2.07 bits per heavy atom. The van der Waals surface area contributed by atoms with Crippen LogP contribution in [0.15, 0.2) is 41.3 Å². The minimum atomic E-state index is -3.67. The summed E-state index contributed by atoms with van der Waals surface area (Å²) in [5.41, 5.74) is 4.73. The lowest BCUT2D eigenvalue weighted by atomic mass is 9.99. The summed E-state index contributed by atoms with van der Waals surface area (Å²) in [4.78, 5) is 2.73. The molecule has 1 aliphatic rings. The quantitative estimate of drug-likeness (QED) is 0.781. The van der Waals surface area contributed by atoms with Crippen LogP contribution in [0.2, 0.25) is 0 Å². The maximum Gasteiger partial charge on any atom is 0.241 e. The van der Waals surface area contributed by atoms with Crippen molar-refractivity contribution in [1.82, 2.24) is 9.62 Å². The second-order valence-corrected chi connectivity index (χ2v) is 9.65.